The minimum absolute atomic E-state index is 0.110. The molecule has 3 fully saturated rings. The Kier molecular flexibility index (Phi) is 9.91. The lowest BCUT2D eigenvalue weighted by Crippen LogP contribution is -2.45. The van der Waals surface area contributed by atoms with E-state index in [1.807, 2.05) is 48.5 Å². The van der Waals surface area contributed by atoms with Crippen LogP contribution in [0.15, 0.2) is 97.1 Å². The van der Waals surface area contributed by atoms with E-state index in [2.05, 4.69) is 76.2 Å². The van der Waals surface area contributed by atoms with Crippen LogP contribution in [0, 0.1) is 34.5 Å². The van der Waals surface area contributed by atoms with E-state index in [0.717, 1.165) is 25.7 Å². The molecular weight excluding hydrogens is 641 g/mol. The van der Waals surface area contributed by atoms with Gasteiger partial charge in [-0.05, 0) is 176 Å². The molecule has 2 unspecified atom stereocenters. The minimum atomic E-state index is -0.110. The summed E-state index contributed by atoms with van der Waals surface area (Å²) in [5, 5.41) is 40.3. The molecule has 0 heterocycles. The molecule has 3 saturated carbocycles. The standard InChI is InChI=1S/C48H60O4/c1-45(2,33-24-28-47(29-25-33,35-8-16-41(49)17-9-35)36-10-18-42(50)19-11-36)39-6-5-7-40(32-39)46(3,4)34-26-30-48(31-27-34,37-12-20-43(51)21-13-37)38-14-22-44(52)23-15-38/h8-23,33-34,39-40,49-52H,5-7,24-32H2,1-4H3. The van der Waals surface area contributed by atoms with Crippen molar-refractivity contribution in [3.8, 4) is 23.0 Å². The Morgan fingerprint density at radius 3 is 0.885 bits per heavy atom. The lowest BCUT2D eigenvalue weighted by Gasteiger charge is -2.53. The van der Waals surface area contributed by atoms with Gasteiger partial charge in [0.15, 0.2) is 0 Å². The van der Waals surface area contributed by atoms with E-state index in [4.69, 9.17) is 0 Å². The summed E-state index contributed by atoms with van der Waals surface area (Å²) in [5.74, 6) is 3.95. The number of rotatable bonds is 8. The van der Waals surface area contributed by atoms with E-state index in [0.29, 0.717) is 46.7 Å². The molecule has 4 N–H and O–H groups in total. The van der Waals surface area contributed by atoms with Crippen LogP contribution in [0.3, 0.4) is 0 Å². The summed E-state index contributed by atoms with van der Waals surface area (Å²) in [4.78, 5) is 0. The van der Waals surface area contributed by atoms with Gasteiger partial charge in [0, 0.05) is 10.8 Å². The molecule has 52 heavy (non-hydrogen) atoms. The lowest BCUT2D eigenvalue weighted by atomic mass is 9.51. The van der Waals surface area contributed by atoms with Gasteiger partial charge in [0.05, 0.1) is 0 Å². The van der Waals surface area contributed by atoms with Crippen molar-refractivity contribution < 1.29 is 20.4 Å². The third-order valence-electron chi connectivity index (χ3n) is 15.2. The van der Waals surface area contributed by atoms with Gasteiger partial charge in [-0.15, -0.1) is 0 Å². The van der Waals surface area contributed by atoms with Crippen LogP contribution in [-0.4, -0.2) is 20.4 Å². The number of phenolic OH excluding ortho intramolecular Hbond substituents is 4. The molecule has 3 aliphatic rings. The van der Waals surface area contributed by atoms with E-state index in [-0.39, 0.29) is 21.7 Å². The highest BCUT2D eigenvalue weighted by molar-refractivity contribution is 5.45. The third kappa shape index (κ3) is 6.72. The summed E-state index contributed by atoms with van der Waals surface area (Å²) in [6.45, 7) is 10.3. The smallest absolute Gasteiger partial charge is 0.115 e. The van der Waals surface area contributed by atoms with Gasteiger partial charge >= 0.3 is 0 Å². The first-order valence-corrected chi connectivity index (χ1v) is 20.0. The van der Waals surface area contributed by atoms with Crippen molar-refractivity contribution in [2.75, 3.05) is 0 Å². The molecule has 0 amide bonds. The van der Waals surface area contributed by atoms with Crippen molar-refractivity contribution in [3.63, 3.8) is 0 Å². The van der Waals surface area contributed by atoms with Crippen LogP contribution in [0.1, 0.15) is 127 Å². The Labute approximate surface area is 312 Å². The zero-order chi connectivity index (χ0) is 36.7. The monoisotopic (exact) mass is 700 g/mol. The predicted molar refractivity (Wildman–Crippen MR) is 211 cm³/mol. The Balaban J connectivity index is 1.05. The maximum Gasteiger partial charge on any atom is 0.115 e. The normalized spacial score (nSPS) is 22.9. The fraction of sp³-hybridized carbons (Fsp3) is 0.500. The molecule has 7 rings (SSSR count). The highest BCUT2D eigenvalue weighted by atomic mass is 16.3. The summed E-state index contributed by atoms with van der Waals surface area (Å²) in [6.07, 6.45) is 14.3. The van der Waals surface area contributed by atoms with Crippen molar-refractivity contribution in [1.82, 2.24) is 0 Å². The van der Waals surface area contributed by atoms with E-state index in [1.54, 1.807) is 0 Å². The SMILES string of the molecule is CC(C)(C1CCC(c2ccc(O)cc2)(c2ccc(O)cc2)CC1)C1CCCC(C(C)(C)C2CCC(c3ccc(O)cc3)(c3ccc(O)cc3)CC2)C1. The molecule has 0 aliphatic heterocycles. The van der Waals surface area contributed by atoms with Crippen LogP contribution < -0.4 is 0 Å². The quantitative estimate of drug-likeness (QED) is 0.147. The third-order valence-corrected chi connectivity index (χ3v) is 15.2. The molecule has 0 aromatic heterocycles. The first-order chi connectivity index (χ1) is 24.8. The van der Waals surface area contributed by atoms with Crippen LogP contribution in [-0.2, 0) is 10.8 Å². The summed E-state index contributed by atoms with van der Waals surface area (Å²) < 4.78 is 0. The summed E-state index contributed by atoms with van der Waals surface area (Å²) >= 11 is 0. The second kappa shape index (κ2) is 14.1. The van der Waals surface area contributed by atoms with E-state index < -0.39 is 0 Å². The first-order valence-electron chi connectivity index (χ1n) is 20.0. The largest absolute Gasteiger partial charge is 0.508 e. The minimum Gasteiger partial charge on any atom is -0.508 e. The van der Waals surface area contributed by atoms with Gasteiger partial charge in [0.25, 0.3) is 0 Å². The second-order valence-corrected chi connectivity index (χ2v) is 18.1. The van der Waals surface area contributed by atoms with E-state index in [9.17, 15) is 20.4 Å². The fourth-order valence-electron chi connectivity index (χ4n) is 11.5. The van der Waals surface area contributed by atoms with Gasteiger partial charge in [-0.2, -0.15) is 0 Å². The van der Waals surface area contributed by atoms with Gasteiger partial charge < -0.3 is 20.4 Å². The molecular formula is C48H60O4. The van der Waals surface area contributed by atoms with E-state index in [1.165, 1.54) is 73.6 Å². The molecule has 0 radical (unpaired) electrons. The molecule has 3 aliphatic carbocycles. The van der Waals surface area contributed by atoms with Crippen molar-refractivity contribution in [2.24, 2.45) is 34.5 Å². The predicted octanol–water partition coefficient (Wildman–Crippen LogP) is 12.0. The van der Waals surface area contributed by atoms with Crippen molar-refractivity contribution in [1.29, 1.82) is 0 Å². The lowest BCUT2D eigenvalue weighted by molar-refractivity contribution is -0.0161. The fourth-order valence-corrected chi connectivity index (χ4v) is 11.5. The molecule has 2 atom stereocenters. The number of phenols is 4. The number of aromatic hydroxyl groups is 4. The molecule has 4 heteroatoms. The van der Waals surface area contributed by atoms with Gasteiger partial charge in [-0.25, -0.2) is 0 Å². The van der Waals surface area contributed by atoms with Gasteiger partial charge in [-0.1, -0.05) is 82.6 Å². The molecule has 276 valence electrons. The zero-order valence-corrected chi connectivity index (χ0v) is 31.8. The summed E-state index contributed by atoms with van der Waals surface area (Å²) in [6, 6.07) is 31.4. The highest BCUT2D eigenvalue weighted by Gasteiger charge is 2.49. The second-order valence-electron chi connectivity index (χ2n) is 18.1. The van der Waals surface area contributed by atoms with Crippen LogP contribution in [0.2, 0.25) is 0 Å². The topological polar surface area (TPSA) is 80.9 Å². The number of hydrogen-bond acceptors (Lipinski definition) is 4. The maximum absolute atomic E-state index is 10.1. The van der Waals surface area contributed by atoms with Gasteiger partial charge in [0.1, 0.15) is 23.0 Å². The van der Waals surface area contributed by atoms with Gasteiger partial charge in [-0.3, -0.25) is 0 Å². The molecule has 4 nitrogen and oxygen atoms in total. The summed E-state index contributed by atoms with van der Waals surface area (Å²) in [5.41, 5.74) is 5.34. The Morgan fingerprint density at radius 2 is 0.635 bits per heavy atom. The molecule has 0 bridgehead atoms. The average Bonchev–Trinajstić information content (AvgIpc) is 3.16. The highest BCUT2D eigenvalue weighted by Crippen LogP contribution is 2.59. The van der Waals surface area contributed by atoms with Crippen LogP contribution in [0.4, 0.5) is 0 Å². The summed E-state index contributed by atoms with van der Waals surface area (Å²) in [7, 11) is 0. The first kappa shape index (κ1) is 36.4. The van der Waals surface area contributed by atoms with Gasteiger partial charge in [0.2, 0.25) is 0 Å². The zero-order valence-electron chi connectivity index (χ0n) is 31.8. The Morgan fingerprint density at radius 1 is 0.385 bits per heavy atom. The maximum atomic E-state index is 10.1. The molecule has 0 saturated heterocycles. The van der Waals surface area contributed by atoms with E-state index >= 15 is 0 Å². The van der Waals surface area contributed by atoms with Crippen molar-refractivity contribution >= 4 is 0 Å². The van der Waals surface area contributed by atoms with Crippen LogP contribution in [0.5, 0.6) is 23.0 Å². The number of benzene rings is 4. The van der Waals surface area contributed by atoms with Crippen LogP contribution >= 0.6 is 0 Å². The average molecular weight is 701 g/mol. The Bertz CT molecular complexity index is 1540. The van der Waals surface area contributed by atoms with Crippen LogP contribution in [0.25, 0.3) is 0 Å². The molecule has 4 aromatic carbocycles. The number of hydrogen-bond donors (Lipinski definition) is 4. The van der Waals surface area contributed by atoms with Crippen molar-refractivity contribution in [2.45, 2.75) is 116 Å². The van der Waals surface area contributed by atoms with Crippen molar-refractivity contribution in [3.05, 3.63) is 119 Å². The molecule has 0 spiro atoms. The Hall–Kier alpha value is -3.92. The molecule has 4 aromatic rings.